The molecule has 0 aliphatic carbocycles. The molecule has 0 fully saturated rings. The van der Waals surface area contributed by atoms with E-state index in [0.29, 0.717) is 23.7 Å². The van der Waals surface area contributed by atoms with Crippen LogP contribution < -0.4 is 21.9 Å². The molecule has 3 N–H and O–H groups in total. The van der Waals surface area contributed by atoms with Crippen molar-refractivity contribution in [3.8, 4) is 0 Å². The van der Waals surface area contributed by atoms with E-state index in [4.69, 9.17) is 5.73 Å². The molecule has 0 aromatic carbocycles. The molecule has 0 aliphatic heterocycles. The Morgan fingerprint density at radius 1 is 1.37 bits per heavy atom. The summed E-state index contributed by atoms with van der Waals surface area (Å²) in [5.74, 6) is 0.519. The molecule has 0 saturated heterocycles. The molecule has 2 rings (SSSR count). The summed E-state index contributed by atoms with van der Waals surface area (Å²) in [6.45, 7) is 2.47. The zero-order valence-corrected chi connectivity index (χ0v) is 11.5. The number of nitrogens with zero attached hydrogens (tertiary/aromatic N) is 4. The summed E-state index contributed by atoms with van der Waals surface area (Å²) in [4.78, 5) is 32.8. The van der Waals surface area contributed by atoms with Gasteiger partial charge in [0.1, 0.15) is 0 Å². The van der Waals surface area contributed by atoms with E-state index in [1.807, 2.05) is 18.9 Å². The minimum Gasteiger partial charge on any atom is -0.344 e. The highest BCUT2D eigenvalue weighted by Crippen LogP contribution is 2.11. The smallest absolute Gasteiger partial charge is 0.332 e. The zero-order valence-electron chi connectivity index (χ0n) is 11.5. The van der Waals surface area contributed by atoms with E-state index in [9.17, 15) is 9.59 Å². The van der Waals surface area contributed by atoms with Crippen molar-refractivity contribution < 1.29 is 0 Å². The van der Waals surface area contributed by atoms with Gasteiger partial charge in [-0.05, 0) is 6.92 Å². The van der Waals surface area contributed by atoms with Gasteiger partial charge in [0.25, 0.3) is 5.56 Å². The summed E-state index contributed by atoms with van der Waals surface area (Å²) in [5.41, 5.74) is 5.61. The highest BCUT2D eigenvalue weighted by Gasteiger charge is 2.15. The number of aryl methyl sites for hydroxylation is 1. The standard InChI is InChI=1S/C11H18N6O2/c1-6(12)5-15(2)10-13-7-8(14-10)16(3)11(19)17(4)9(7)18/h6H,5,12H2,1-4H3,(H,13,14). The molecular weight excluding hydrogens is 248 g/mol. The Morgan fingerprint density at radius 3 is 2.58 bits per heavy atom. The fourth-order valence-corrected chi connectivity index (χ4v) is 2.01. The largest absolute Gasteiger partial charge is 0.344 e. The molecule has 0 aliphatic rings. The first kappa shape index (κ1) is 13.3. The monoisotopic (exact) mass is 266 g/mol. The van der Waals surface area contributed by atoms with Crippen LogP contribution in [-0.2, 0) is 14.1 Å². The lowest BCUT2D eigenvalue weighted by Crippen LogP contribution is -2.36. The Hall–Kier alpha value is -2.09. The van der Waals surface area contributed by atoms with Gasteiger partial charge in [0.15, 0.2) is 11.2 Å². The SMILES string of the molecule is CC(N)CN(C)c1nc2c([nH]1)c(=O)n(C)c(=O)n2C. The van der Waals surface area contributed by atoms with Crippen molar-refractivity contribution >= 4 is 17.1 Å². The molecule has 2 heterocycles. The van der Waals surface area contributed by atoms with Crippen LogP contribution in [0.1, 0.15) is 6.92 Å². The van der Waals surface area contributed by atoms with Crippen LogP contribution in [0.2, 0.25) is 0 Å². The van der Waals surface area contributed by atoms with Crippen LogP contribution >= 0.6 is 0 Å². The molecule has 8 heteroatoms. The summed E-state index contributed by atoms with van der Waals surface area (Å²) in [6.07, 6.45) is 0. The third-order valence-electron chi connectivity index (χ3n) is 3.01. The maximum atomic E-state index is 12.0. The summed E-state index contributed by atoms with van der Waals surface area (Å²) < 4.78 is 2.40. The lowest BCUT2D eigenvalue weighted by atomic mass is 10.3. The van der Waals surface area contributed by atoms with Crippen LogP contribution in [0.5, 0.6) is 0 Å². The molecule has 0 amide bonds. The number of hydrogen-bond donors (Lipinski definition) is 2. The number of imidazole rings is 1. The molecule has 0 radical (unpaired) electrons. The number of nitrogens with two attached hydrogens (primary N) is 1. The van der Waals surface area contributed by atoms with Crippen LogP contribution in [0.15, 0.2) is 9.59 Å². The van der Waals surface area contributed by atoms with Crippen LogP contribution in [0.3, 0.4) is 0 Å². The third-order valence-corrected chi connectivity index (χ3v) is 3.01. The maximum Gasteiger partial charge on any atom is 0.332 e. The highest BCUT2D eigenvalue weighted by atomic mass is 16.2. The van der Waals surface area contributed by atoms with Gasteiger partial charge < -0.3 is 15.6 Å². The van der Waals surface area contributed by atoms with Gasteiger partial charge in [-0.3, -0.25) is 13.9 Å². The summed E-state index contributed by atoms with van der Waals surface area (Å²) in [6, 6.07) is -0.0233. The van der Waals surface area contributed by atoms with E-state index in [1.165, 1.54) is 11.6 Å². The van der Waals surface area contributed by atoms with Gasteiger partial charge in [0.05, 0.1) is 0 Å². The van der Waals surface area contributed by atoms with Gasteiger partial charge >= 0.3 is 5.69 Å². The predicted molar refractivity (Wildman–Crippen MR) is 73.5 cm³/mol. The minimum atomic E-state index is -0.398. The molecule has 2 aromatic heterocycles. The molecule has 0 spiro atoms. The first-order valence-corrected chi connectivity index (χ1v) is 5.95. The van der Waals surface area contributed by atoms with E-state index in [2.05, 4.69) is 9.97 Å². The lowest BCUT2D eigenvalue weighted by Gasteiger charge is -2.17. The van der Waals surface area contributed by atoms with Crippen molar-refractivity contribution in [1.82, 2.24) is 19.1 Å². The van der Waals surface area contributed by atoms with Gasteiger partial charge in [0, 0.05) is 33.7 Å². The number of aromatic amines is 1. The van der Waals surface area contributed by atoms with Gasteiger partial charge in [-0.1, -0.05) is 0 Å². The van der Waals surface area contributed by atoms with Crippen molar-refractivity contribution in [2.75, 3.05) is 18.5 Å². The van der Waals surface area contributed by atoms with E-state index in [1.54, 1.807) is 7.05 Å². The van der Waals surface area contributed by atoms with E-state index in [-0.39, 0.29) is 11.6 Å². The molecule has 0 bridgehead atoms. The van der Waals surface area contributed by atoms with Crippen LogP contribution in [0, 0.1) is 0 Å². The molecular formula is C11H18N6O2. The molecule has 1 atom stereocenters. The fourth-order valence-electron chi connectivity index (χ4n) is 2.01. The molecule has 1 unspecified atom stereocenters. The second-order valence-electron chi connectivity index (χ2n) is 4.82. The number of likely N-dealkylation sites (N-methyl/N-ethyl adjacent to an activating group) is 1. The van der Waals surface area contributed by atoms with Crippen molar-refractivity contribution in [3.05, 3.63) is 20.8 Å². The number of hydrogen-bond acceptors (Lipinski definition) is 5. The Morgan fingerprint density at radius 2 is 2.00 bits per heavy atom. The number of rotatable bonds is 3. The summed E-state index contributed by atoms with van der Waals surface area (Å²) >= 11 is 0. The average molecular weight is 266 g/mol. The Balaban J connectivity index is 2.64. The van der Waals surface area contributed by atoms with Crippen molar-refractivity contribution in [3.63, 3.8) is 0 Å². The van der Waals surface area contributed by atoms with Crippen molar-refractivity contribution in [2.24, 2.45) is 19.8 Å². The van der Waals surface area contributed by atoms with Gasteiger partial charge in [0.2, 0.25) is 5.95 Å². The molecule has 0 saturated carbocycles. The van der Waals surface area contributed by atoms with E-state index >= 15 is 0 Å². The normalized spacial score (nSPS) is 12.9. The Labute approximate surface area is 109 Å². The number of H-pyrrole nitrogens is 1. The second-order valence-corrected chi connectivity index (χ2v) is 4.82. The molecule has 2 aromatic rings. The summed E-state index contributed by atoms with van der Waals surface area (Å²) in [5, 5.41) is 0. The van der Waals surface area contributed by atoms with E-state index < -0.39 is 5.69 Å². The summed E-state index contributed by atoms with van der Waals surface area (Å²) in [7, 11) is 4.85. The first-order valence-electron chi connectivity index (χ1n) is 5.95. The van der Waals surface area contributed by atoms with Gasteiger partial charge in [-0.15, -0.1) is 0 Å². The predicted octanol–water partition coefficient (Wildman–Crippen LogP) is -1.26. The Bertz CT molecular complexity index is 723. The molecule has 104 valence electrons. The Kier molecular flexibility index (Phi) is 3.19. The van der Waals surface area contributed by atoms with Crippen LogP contribution in [0.25, 0.3) is 11.2 Å². The third kappa shape index (κ3) is 2.14. The molecule has 19 heavy (non-hydrogen) atoms. The minimum absolute atomic E-state index is 0.0233. The fraction of sp³-hybridized carbons (Fsp3) is 0.545. The molecule has 8 nitrogen and oxygen atoms in total. The lowest BCUT2D eigenvalue weighted by molar-refractivity contribution is 0.705. The van der Waals surface area contributed by atoms with E-state index in [0.717, 1.165) is 4.57 Å². The number of fused-ring (bicyclic) bond motifs is 1. The van der Waals surface area contributed by atoms with Gasteiger partial charge in [-0.25, -0.2) is 4.79 Å². The number of aromatic nitrogens is 4. The second kappa shape index (κ2) is 4.54. The van der Waals surface area contributed by atoms with Gasteiger partial charge in [-0.2, -0.15) is 4.98 Å². The van der Waals surface area contributed by atoms with Crippen LogP contribution in [0.4, 0.5) is 5.95 Å². The highest BCUT2D eigenvalue weighted by molar-refractivity contribution is 5.72. The first-order chi connectivity index (χ1) is 8.82. The number of anilines is 1. The quantitative estimate of drug-likeness (QED) is 0.722. The average Bonchev–Trinajstić information content (AvgIpc) is 2.78. The van der Waals surface area contributed by atoms with Crippen LogP contribution in [-0.4, -0.2) is 38.7 Å². The van der Waals surface area contributed by atoms with Crippen molar-refractivity contribution in [2.45, 2.75) is 13.0 Å². The number of nitrogens with one attached hydrogen (secondary N) is 1. The maximum absolute atomic E-state index is 12.0. The zero-order chi connectivity index (χ0) is 14.3. The van der Waals surface area contributed by atoms with Crippen molar-refractivity contribution in [1.29, 1.82) is 0 Å². The topological polar surface area (TPSA) is 102 Å².